The number of rotatable bonds is 2. The van der Waals surface area contributed by atoms with E-state index in [1.807, 2.05) is 47.5 Å². The van der Waals surface area contributed by atoms with E-state index in [1.54, 1.807) is 6.07 Å². The molecule has 7 heteroatoms. The lowest BCUT2D eigenvalue weighted by Crippen LogP contribution is -2.33. The van der Waals surface area contributed by atoms with Crippen LogP contribution in [0, 0.1) is 0 Å². The molecule has 30 heavy (non-hydrogen) atoms. The van der Waals surface area contributed by atoms with E-state index in [9.17, 15) is 0 Å². The summed E-state index contributed by atoms with van der Waals surface area (Å²) in [4.78, 5) is 0. The number of ether oxygens (including phenoxy) is 3. The number of nitrogens with zero attached hydrogens (tertiary/aromatic N) is 2. The van der Waals surface area contributed by atoms with Gasteiger partial charge in [-0.2, -0.15) is 5.10 Å². The Morgan fingerprint density at radius 3 is 2.63 bits per heavy atom. The van der Waals surface area contributed by atoms with Crippen molar-refractivity contribution in [3.05, 3.63) is 87.4 Å². The van der Waals surface area contributed by atoms with Crippen LogP contribution in [-0.4, -0.2) is 17.5 Å². The van der Waals surface area contributed by atoms with Gasteiger partial charge in [-0.05, 0) is 35.9 Å². The van der Waals surface area contributed by atoms with Gasteiger partial charge >= 0.3 is 0 Å². The van der Waals surface area contributed by atoms with Crippen LogP contribution in [0.2, 0.25) is 10.0 Å². The van der Waals surface area contributed by atoms with Crippen molar-refractivity contribution in [3.63, 3.8) is 0 Å². The molecule has 2 atom stereocenters. The molecular weight excluding hydrogens is 423 g/mol. The van der Waals surface area contributed by atoms with E-state index in [0.29, 0.717) is 21.5 Å². The smallest absolute Gasteiger partial charge is 0.231 e. The monoisotopic (exact) mass is 438 g/mol. The van der Waals surface area contributed by atoms with Crippen molar-refractivity contribution in [2.75, 3.05) is 6.79 Å². The van der Waals surface area contributed by atoms with E-state index in [4.69, 9.17) is 42.5 Å². The zero-order valence-corrected chi connectivity index (χ0v) is 17.2. The number of halogens is 2. The molecule has 6 rings (SSSR count). The molecular formula is C23H16Cl2N2O3. The molecule has 0 saturated heterocycles. The summed E-state index contributed by atoms with van der Waals surface area (Å²) in [5, 5.41) is 8.03. The predicted octanol–water partition coefficient (Wildman–Crippen LogP) is 5.96. The van der Waals surface area contributed by atoms with Crippen LogP contribution in [0.15, 0.2) is 65.8 Å². The Labute approximate surface area is 183 Å². The zero-order chi connectivity index (χ0) is 20.2. The summed E-state index contributed by atoms with van der Waals surface area (Å²) in [5.74, 6) is 2.08. The quantitative estimate of drug-likeness (QED) is 0.494. The van der Waals surface area contributed by atoms with Crippen molar-refractivity contribution >= 4 is 28.9 Å². The first-order valence-electron chi connectivity index (χ1n) is 9.64. The molecule has 0 fully saturated rings. The molecule has 5 nitrogen and oxygen atoms in total. The molecule has 3 aliphatic heterocycles. The first kappa shape index (κ1) is 17.9. The fraction of sp³-hybridized carbons (Fsp3) is 0.174. The van der Waals surface area contributed by atoms with Gasteiger partial charge in [0.15, 0.2) is 11.5 Å². The second-order valence-electron chi connectivity index (χ2n) is 7.40. The molecule has 0 aliphatic carbocycles. The molecule has 0 N–H and O–H groups in total. The fourth-order valence-corrected chi connectivity index (χ4v) is 4.76. The molecule has 0 amide bonds. The third kappa shape index (κ3) is 2.81. The van der Waals surface area contributed by atoms with Crippen molar-refractivity contribution in [2.45, 2.75) is 18.7 Å². The largest absolute Gasteiger partial charge is 0.463 e. The maximum absolute atomic E-state index is 6.53. The predicted molar refractivity (Wildman–Crippen MR) is 115 cm³/mol. The molecule has 0 spiro atoms. The fourth-order valence-electron chi connectivity index (χ4n) is 4.21. The first-order chi connectivity index (χ1) is 14.7. The lowest BCUT2D eigenvalue weighted by molar-refractivity contribution is -0.0190. The van der Waals surface area contributed by atoms with E-state index in [2.05, 4.69) is 12.1 Å². The summed E-state index contributed by atoms with van der Waals surface area (Å²) in [5.41, 5.74) is 3.95. The van der Waals surface area contributed by atoms with Crippen LogP contribution in [0.4, 0.5) is 0 Å². The summed E-state index contributed by atoms with van der Waals surface area (Å²) < 4.78 is 17.4. The molecule has 3 aromatic rings. The normalized spacial score (nSPS) is 21.0. The minimum absolute atomic E-state index is 0.0319. The van der Waals surface area contributed by atoms with Gasteiger partial charge in [-0.1, -0.05) is 53.5 Å². The van der Waals surface area contributed by atoms with Gasteiger partial charge in [0.25, 0.3) is 0 Å². The topological polar surface area (TPSA) is 43.3 Å². The standard InChI is InChI=1S/C23H16Cl2N2O3/c24-15-9-16-19-11-18(13-4-2-1-3-5-13)26-27(19)23(30-22(16)17(25)10-15)14-6-7-20-21(8-14)29-12-28-20/h1-10,19,23H,11-12H2/t19-,23-/m1/s1. The molecule has 3 aromatic carbocycles. The Balaban J connectivity index is 1.48. The third-order valence-corrected chi connectivity index (χ3v) is 6.10. The van der Waals surface area contributed by atoms with Crippen molar-refractivity contribution in [1.29, 1.82) is 0 Å². The van der Waals surface area contributed by atoms with Crippen LogP contribution in [0.3, 0.4) is 0 Å². The van der Waals surface area contributed by atoms with Crippen LogP contribution in [0.25, 0.3) is 0 Å². The highest BCUT2D eigenvalue weighted by Gasteiger charge is 2.42. The second-order valence-corrected chi connectivity index (χ2v) is 8.25. The number of hydrogen-bond donors (Lipinski definition) is 0. The molecule has 3 heterocycles. The van der Waals surface area contributed by atoms with Gasteiger partial charge in [0.1, 0.15) is 5.75 Å². The van der Waals surface area contributed by atoms with Crippen LogP contribution >= 0.6 is 23.2 Å². The van der Waals surface area contributed by atoms with Crippen LogP contribution in [0.5, 0.6) is 17.2 Å². The van der Waals surface area contributed by atoms with Gasteiger partial charge < -0.3 is 14.2 Å². The van der Waals surface area contributed by atoms with E-state index in [-0.39, 0.29) is 12.8 Å². The molecule has 0 saturated carbocycles. The van der Waals surface area contributed by atoms with Crippen LogP contribution < -0.4 is 14.2 Å². The highest BCUT2D eigenvalue weighted by molar-refractivity contribution is 6.35. The van der Waals surface area contributed by atoms with Crippen LogP contribution in [0.1, 0.15) is 35.4 Å². The molecule has 150 valence electrons. The van der Waals surface area contributed by atoms with Gasteiger partial charge in [-0.25, -0.2) is 5.01 Å². The second kappa shape index (κ2) is 6.83. The van der Waals surface area contributed by atoms with Gasteiger partial charge in [0.2, 0.25) is 13.0 Å². The van der Waals surface area contributed by atoms with Gasteiger partial charge in [-0.3, -0.25) is 0 Å². The van der Waals surface area contributed by atoms with Gasteiger partial charge in [0, 0.05) is 22.6 Å². The molecule has 0 aromatic heterocycles. The Morgan fingerprint density at radius 1 is 0.933 bits per heavy atom. The molecule has 0 radical (unpaired) electrons. The summed E-state index contributed by atoms with van der Waals surface area (Å²) >= 11 is 12.8. The number of benzene rings is 3. The van der Waals surface area contributed by atoms with E-state index in [1.165, 1.54) is 0 Å². The molecule has 3 aliphatic rings. The average Bonchev–Trinajstić information content (AvgIpc) is 3.41. The van der Waals surface area contributed by atoms with Crippen molar-refractivity contribution in [2.24, 2.45) is 5.10 Å². The maximum atomic E-state index is 6.53. The molecule has 0 bridgehead atoms. The van der Waals surface area contributed by atoms with E-state index < -0.39 is 6.23 Å². The highest BCUT2D eigenvalue weighted by atomic mass is 35.5. The lowest BCUT2D eigenvalue weighted by Gasteiger charge is -2.38. The molecule has 0 unspecified atom stereocenters. The Hall–Kier alpha value is -2.89. The summed E-state index contributed by atoms with van der Waals surface area (Å²) in [6.45, 7) is 0.222. The van der Waals surface area contributed by atoms with Gasteiger partial charge in [-0.15, -0.1) is 0 Å². The number of hydrazone groups is 1. The summed E-state index contributed by atoms with van der Waals surface area (Å²) in [6, 6.07) is 19.6. The first-order valence-corrected chi connectivity index (χ1v) is 10.4. The van der Waals surface area contributed by atoms with E-state index >= 15 is 0 Å². The lowest BCUT2D eigenvalue weighted by atomic mass is 9.96. The Morgan fingerprint density at radius 2 is 1.77 bits per heavy atom. The van der Waals surface area contributed by atoms with Crippen molar-refractivity contribution in [1.82, 2.24) is 5.01 Å². The summed E-state index contributed by atoms with van der Waals surface area (Å²) in [7, 11) is 0. The SMILES string of the molecule is Clc1cc(Cl)c2c(c1)[C@H]1CC(c3ccccc3)=NN1[C@@H](c1ccc3c(c1)OCO3)O2. The Bertz CT molecular complexity index is 1180. The third-order valence-electron chi connectivity index (χ3n) is 5.60. The van der Waals surface area contributed by atoms with E-state index in [0.717, 1.165) is 34.6 Å². The van der Waals surface area contributed by atoms with Gasteiger partial charge in [0.05, 0.1) is 16.8 Å². The number of hydrogen-bond acceptors (Lipinski definition) is 5. The maximum Gasteiger partial charge on any atom is 0.231 e. The van der Waals surface area contributed by atoms with Crippen molar-refractivity contribution in [3.8, 4) is 17.2 Å². The Kier molecular flexibility index (Phi) is 4.08. The highest BCUT2D eigenvalue weighted by Crippen LogP contribution is 2.51. The summed E-state index contributed by atoms with van der Waals surface area (Å²) in [6.07, 6.45) is 0.287. The average molecular weight is 439 g/mol. The van der Waals surface area contributed by atoms with Crippen molar-refractivity contribution < 1.29 is 14.2 Å². The zero-order valence-electron chi connectivity index (χ0n) is 15.7. The minimum atomic E-state index is -0.447. The minimum Gasteiger partial charge on any atom is -0.463 e. The number of fused-ring (bicyclic) bond motifs is 4. The van der Waals surface area contributed by atoms with Crippen LogP contribution in [-0.2, 0) is 0 Å².